The number of fused-ring (bicyclic) bond motifs is 1. The van der Waals surface area contributed by atoms with E-state index >= 15 is 0 Å². The predicted octanol–water partition coefficient (Wildman–Crippen LogP) is 2.70. The molecule has 27 heavy (non-hydrogen) atoms. The number of carboxylic acids is 1. The molecule has 7 nitrogen and oxygen atoms in total. The molecule has 136 valence electrons. The zero-order chi connectivity index (χ0) is 19.0. The highest BCUT2D eigenvalue weighted by Crippen LogP contribution is 2.26. The second-order valence-corrected chi connectivity index (χ2v) is 6.48. The molecular weight excluding hydrogens is 346 g/mol. The predicted molar refractivity (Wildman–Crippen MR) is 95.9 cm³/mol. The topological polar surface area (TPSA) is 96.5 Å². The van der Waals surface area contributed by atoms with Crippen molar-refractivity contribution in [3.05, 3.63) is 71.0 Å². The third-order valence-electron chi connectivity index (χ3n) is 4.70. The van der Waals surface area contributed by atoms with E-state index in [1.165, 1.54) is 4.90 Å². The number of hydrogen-bond acceptors (Lipinski definition) is 5. The SMILES string of the molecule is Cc1noc(-c2ccc(C(=O)N3Cc4ccccc4CC3C(=O)O)cc2)n1. The van der Waals surface area contributed by atoms with Gasteiger partial charge >= 0.3 is 5.97 Å². The fraction of sp³-hybridized carbons (Fsp3) is 0.200. The van der Waals surface area contributed by atoms with E-state index in [0.29, 0.717) is 29.3 Å². The molecule has 0 radical (unpaired) electrons. The molecule has 0 saturated heterocycles. The molecule has 1 N–H and O–H groups in total. The van der Waals surface area contributed by atoms with Crippen molar-refractivity contribution >= 4 is 11.9 Å². The van der Waals surface area contributed by atoms with Crippen molar-refractivity contribution in [2.75, 3.05) is 0 Å². The van der Waals surface area contributed by atoms with Gasteiger partial charge in [0.05, 0.1) is 0 Å². The number of carbonyl (C=O) groups excluding carboxylic acids is 1. The first-order valence-corrected chi connectivity index (χ1v) is 8.54. The van der Waals surface area contributed by atoms with E-state index in [0.717, 1.165) is 11.1 Å². The highest BCUT2D eigenvalue weighted by molar-refractivity contribution is 5.97. The summed E-state index contributed by atoms with van der Waals surface area (Å²) in [6.45, 7) is 2.00. The maximum atomic E-state index is 13.0. The number of carboxylic acid groups (broad SMARTS) is 1. The van der Waals surface area contributed by atoms with Gasteiger partial charge in [-0.05, 0) is 42.3 Å². The van der Waals surface area contributed by atoms with Crippen molar-refractivity contribution in [3.63, 3.8) is 0 Å². The molecule has 0 fully saturated rings. The van der Waals surface area contributed by atoms with Gasteiger partial charge in [0, 0.05) is 24.1 Å². The molecule has 7 heteroatoms. The molecule has 1 amide bonds. The van der Waals surface area contributed by atoms with E-state index in [9.17, 15) is 14.7 Å². The van der Waals surface area contributed by atoms with Crippen LogP contribution in [0.25, 0.3) is 11.5 Å². The Balaban J connectivity index is 1.62. The summed E-state index contributed by atoms with van der Waals surface area (Å²) in [6, 6.07) is 13.5. The molecule has 2 aromatic carbocycles. The minimum absolute atomic E-state index is 0.274. The largest absolute Gasteiger partial charge is 0.480 e. The van der Waals surface area contributed by atoms with Gasteiger partial charge in [-0.1, -0.05) is 29.4 Å². The lowest BCUT2D eigenvalue weighted by molar-refractivity contribution is -0.142. The van der Waals surface area contributed by atoms with Crippen LogP contribution < -0.4 is 0 Å². The average Bonchev–Trinajstić information content (AvgIpc) is 3.13. The molecule has 1 unspecified atom stereocenters. The molecular formula is C20H17N3O4. The fourth-order valence-corrected chi connectivity index (χ4v) is 3.29. The number of aliphatic carboxylic acids is 1. The quantitative estimate of drug-likeness (QED) is 0.768. The highest BCUT2D eigenvalue weighted by Gasteiger charge is 2.34. The lowest BCUT2D eigenvalue weighted by Crippen LogP contribution is -2.48. The average molecular weight is 363 g/mol. The van der Waals surface area contributed by atoms with Crippen molar-refractivity contribution in [2.24, 2.45) is 0 Å². The first kappa shape index (κ1) is 17.0. The number of aromatic nitrogens is 2. The van der Waals surface area contributed by atoms with Crippen LogP contribution in [-0.2, 0) is 17.8 Å². The Morgan fingerprint density at radius 2 is 1.81 bits per heavy atom. The van der Waals surface area contributed by atoms with Gasteiger partial charge < -0.3 is 14.5 Å². The summed E-state index contributed by atoms with van der Waals surface area (Å²) in [4.78, 5) is 30.3. The van der Waals surface area contributed by atoms with Gasteiger partial charge in [-0.25, -0.2) is 4.79 Å². The first-order valence-electron chi connectivity index (χ1n) is 8.54. The first-order chi connectivity index (χ1) is 13.0. The second-order valence-electron chi connectivity index (χ2n) is 6.48. The van der Waals surface area contributed by atoms with Crippen LogP contribution in [0.4, 0.5) is 0 Å². The Morgan fingerprint density at radius 1 is 1.11 bits per heavy atom. The van der Waals surface area contributed by atoms with Gasteiger partial charge in [0.2, 0.25) is 0 Å². The van der Waals surface area contributed by atoms with Crippen molar-refractivity contribution in [3.8, 4) is 11.5 Å². The number of carbonyl (C=O) groups is 2. The summed E-state index contributed by atoms with van der Waals surface area (Å²) in [5.41, 5.74) is 3.06. The number of aryl methyl sites for hydroxylation is 1. The van der Waals surface area contributed by atoms with Gasteiger partial charge in [0.15, 0.2) is 5.82 Å². The van der Waals surface area contributed by atoms with Gasteiger partial charge in [0.1, 0.15) is 6.04 Å². The smallest absolute Gasteiger partial charge is 0.326 e. The summed E-state index contributed by atoms with van der Waals surface area (Å²) in [5.74, 6) is -0.413. The lowest BCUT2D eigenvalue weighted by atomic mass is 9.93. The summed E-state index contributed by atoms with van der Waals surface area (Å²) in [6.07, 6.45) is 0.302. The van der Waals surface area contributed by atoms with Gasteiger partial charge in [-0.15, -0.1) is 0 Å². The van der Waals surface area contributed by atoms with Crippen LogP contribution in [0, 0.1) is 6.92 Å². The number of nitrogens with zero attached hydrogens (tertiary/aromatic N) is 3. The normalized spacial score (nSPS) is 16.0. The van der Waals surface area contributed by atoms with E-state index in [-0.39, 0.29) is 12.5 Å². The Morgan fingerprint density at radius 3 is 2.44 bits per heavy atom. The Bertz CT molecular complexity index is 1010. The summed E-state index contributed by atoms with van der Waals surface area (Å²) < 4.78 is 5.12. The van der Waals surface area contributed by atoms with Gasteiger partial charge in [0.25, 0.3) is 11.8 Å². The number of amides is 1. The Kier molecular flexibility index (Phi) is 4.19. The molecule has 1 aromatic heterocycles. The maximum absolute atomic E-state index is 13.0. The number of benzene rings is 2. The monoisotopic (exact) mass is 363 g/mol. The highest BCUT2D eigenvalue weighted by atomic mass is 16.5. The Hall–Kier alpha value is -3.48. The third-order valence-corrected chi connectivity index (χ3v) is 4.70. The lowest BCUT2D eigenvalue weighted by Gasteiger charge is -2.34. The molecule has 1 aliphatic rings. The molecule has 0 bridgehead atoms. The molecule has 0 saturated carbocycles. The van der Waals surface area contributed by atoms with Crippen LogP contribution in [0.3, 0.4) is 0 Å². The zero-order valence-electron chi connectivity index (χ0n) is 14.6. The molecule has 2 heterocycles. The number of hydrogen-bond donors (Lipinski definition) is 1. The van der Waals surface area contributed by atoms with Crippen LogP contribution in [0.15, 0.2) is 53.1 Å². The molecule has 1 atom stereocenters. The van der Waals surface area contributed by atoms with Gasteiger partial charge in [-0.3, -0.25) is 4.79 Å². The van der Waals surface area contributed by atoms with Crippen LogP contribution in [0.5, 0.6) is 0 Å². The second kappa shape index (κ2) is 6.68. The van der Waals surface area contributed by atoms with Crippen LogP contribution in [-0.4, -0.2) is 38.1 Å². The van der Waals surface area contributed by atoms with E-state index in [1.54, 1.807) is 31.2 Å². The molecule has 0 aliphatic carbocycles. The minimum atomic E-state index is -1.00. The summed E-state index contributed by atoms with van der Waals surface area (Å²) in [5, 5.41) is 13.4. The standard InChI is InChI=1S/C20H17N3O4/c1-12-21-18(27-22-12)13-6-8-14(9-7-13)19(24)23-11-16-5-3-2-4-15(16)10-17(23)20(25)26/h2-9,17H,10-11H2,1H3,(H,25,26). The number of rotatable bonds is 3. The molecule has 4 rings (SSSR count). The van der Waals surface area contributed by atoms with Crippen molar-refractivity contribution < 1.29 is 19.2 Å². The summed E-state index contributed by atoms with van der Waals surface area (Å²) >= 11 is 0. The third kappa shape index (κ3) is 3.19. The fourth-order valence-electron chi connectivity index (χ4n) is 3.29. The zero-order valence-corrected chi connectivity index (χ0v) is 14.6. The van der Waals surface area contributed by atoms with Crippen molar-refractivity contribution in [2.45, 2.75) is 25.9 Å². The maximum Gasteiger partial charge on any atom is 0.326 e. The molecule has 0 spiro atoms. The van der Waals surface area contributed by atoms with E-state index < -0.39 is 12.0 Å². The summed E-state index contributed by atoms with van der Waals surface area (Å²) in [7, 11) is 0. The van der Waals surface area contributed by atoms with Crippen LogP contribution >= 0.6 is 0 Å². The minimum Gasteiger partial charge on any atom is -0.480 e. The van der Waals surface area contributed by atoms with E-state index in [4.69, 9.17) is 4.52 Å². The van der Waals surface area contributed by atoms with E-state index in [1.807, 2.05) is 24.3 Å². The van der Waals surface area contributed by atoms with Crippen LogP contribution in [0.1, 0.15) is 27.3 Å². The van der Waals surface area contributed by atoms with E-state index in [2.05, 4.69) is 10.1 Å². The Labute approximate surface area is 155 Å². The van der Waals surface area contributed by atoms with Crippen molar-refractivity contribution in [1.29, 1.82) is 0 Å². The van der Waals surface area contributed by atoms with Gasteiger partial charge in [-0.2, -0.15) is 4.98 Å². The molecule has 3 aromatic rings. The molecule has 1 aliphatic heterocycles. The van der Waals surface area contributed by atoms with Crippen LogP contribution in [0.2, 0.25) is 0 Å². The van der Waals surface area contributed by atoms with Crippen molar-refractivity contribution in [1.82, 2.24) is 15.0 Å².